The summed E-state index contributed by atoms with van der Waals surface area (Å²) < 4.78 is 7.93. The first-order chi connectivity index (χ1) is 12.2. The Bertz CT molecular complexity index is 951. The first-order valence-corrected chi connectivity index (χ1v) is 9.71. The molecule has 0 unspecified atom stereocenters. The molecule has 0 heterocycles. The van der Waals surface area contributed by atoms with Crippen LogP contribution in [0, 0.1) is 0 Å². The van der Waals surface area contributed by atoms with E-state index in [4.69, 9.17) is 9.84 Å². The first-order valence-electron chi connectivity index (χ1n) is 8.12. The highest BCUT2D eigenvalue weighted by atomic mass is 79.9. The smallest absolute Gasteiger partial charge is 0.127 e. The van der Waals surface area contributed by atoms with E-state index in [0.29, 0.717) is 0 Å². The Kier molecular flexibility index (Phi) is 4.67. The number of hydrogen-bond donors (Lipinski definition) is 1. The third-order valence-electron chi connectivity index (χ3n) is 4.49. The second-order valence-electron chi connectivity index (χ2n) is 5.99. The number of benzene rings is 3. The van der Waals surface area contributed by atoms with E-state index in [2.05, 4.69) is 68.3 Å². The molecule has 1 aliphatic carbocycles. The molecule has 0 aromatic heterocycles. The van der Waals surface area contributed by atoms with Crippen molar-refractivity contribution >= 4 is 31.9 Å². The van der Waals surface area contributed by atoms with Gasteiger partial charge in [-0.3, -0.25) is 0 Å². The fourth-order valence-corrected chi connectivity index (χ4v) is 4.46. The normalized spacial score (nSPS) is 12.0. The van der Waals surface area contributed by atoms with Gasteiger partial charge in [-0.15, -0.1) is 0 Å². The molecule has 25 heavy (non-hydrogen) atoms. The van der Waals surface area contributed by atoms with E-state index in [1.807, 2.05) is 18.2 Å². The fraction of sp³-hybridized carbons (Fsp3) is 0.143. The second kappa shape index (κ2) is 6.94. The van der Waals surface area contributed by atoms with Crippen LogP contribution in [0.15, 0.2) is 63.5 Å². The molecular weight excluding hydrogens is 444 g/mol. The van der Waals surface area contributed by atoms with Crippen LogP contribution in [0.1, 0.15) is 11.1 Å². The minimum absolute atomic E-state index is 0.00185. The molecule has 0 saturated carbocycles. The van der Waals surface area contributed by atoms with Gasteiger partial charge in [0.05, 0.1) is 6.61 Å². The molecule has 0 saturated heterocycles. The van der Waals surface area contributed by atoms with Gasteiger partial charge >= 0.3 is 0 Å². The Hall–Kier alpha value is -1.62. The van der Waals surface area contributed by atoms with Crippen LogP contribution in [-0.4, -0.2) is 18.3 Å². The van der Waals surface area contributed by atoms with Crippen molar-refractivity contribution in [3.63, 3.8) is 0 Å². The quantitative estimate of drug-likeness (QED) is 0.416. The summed E-state index contributed by atoms with van der Waals surface area (Å²) in [4.78, 5) is 0. The molecule has 0 bridgehead atoms. The number of aliphatic hydroxyl groups excluding tert-OH is 1. The van der Waals surface area contributed by atoms with E-state index in [0.717, 1.165) is 26.7 Å². The van der Waals surface area contributed by atoms with Crippen molar-refractivity contribution in [1.82, 2.24) is 0 Å². The lowest BCUT2D eigenvalue weighted by Crippen LogP contribution is -2.03. The van der Waals surface area contributed by atoms with E-state index in [1.165, 1.54) is 27.8 Å². The number of ether oxygens (including phenoxy) is 1. The maximum Gasteiger partial charge on any atom is 0.127 e. The van der Waals surface area contributed by atoms with Gasteiger partial charge in [-0.2, -0.15) is 0 Å². The van der Waals surface area contributed by atoms with Crippen molar-refractivity contribution in [3.8, 4) is 28.0 Å². The zero-order chi connectivity index (χ0) is 17.4. The average molecular weight is 460 g/mol. The molecule has 1 N–H and O–H groups in total. The molecule has 3 aromatic rings. The molecular formula is C21H16Br2O2. The number of para-hydroxylation sites is 1. The minimum atomic E-state index is 0.00185. The van der Waals surface area contributed by atoms with Gasteiger partial charge in [0, 0.05) is 20.1 Å². The molecule has 1 aliphatic rings. The highest BCUT2D eigenvalue weighted by Crippen LogP contribution is 2.47. The molecule has 4 rings (SSSR count). The van der Waals surface area contributed by atoms with Gasteiger partial charge in [0.25, 0.3) is 0 Å². The topological polar surface area (TPSA) is 29.5 Å². The summed E-state index contributed by atoms with van der Waals surface area (Å²) in [6.07, 6.45) is 0.896. The van der Waals surface area contributed by atoms with Crippen molar-refractivity contribution in [2.24, 2.45) is 0 Å². The Labute approximate surface area is 163 Å². The Morgan fingerprint density at radius 1 is 0.920 bits per heavy atom. The molecule has 0 fully saturated rings. The summed E-state index contributed by atoms with van der Waals surface area (Å²) in [5.41, 5.74) is 7.42. The van der Waals surface area contributed by atoms with Gasteiger partial charge in [-0.25, -0.2) is 0 Å². The molecule has 4 heteroatoms. The fourth-order valence-electron chi connectivity index (χ4n) is 3.46. The summed E-state index contributed by atoms with van der Waals surface area (Å²) in [5, 5.41) is 9.10. The molecule has 126 valence electrons. The summed E-state index contributed by atoms with van der Waals surface area (Å²) in [6, 6.07) is 18.8. The minimum Gasteiger partial charge on any atom is -0.491 e. The lowest BCUT2D eigenvalue weighted by molar-refractivity contribution is 0.202. The molecule has 0 spiro atoms. The van der Waals surface area contributed by atoms with Crippen LogP contribution in [0.5, 0.6) is 5.75 Å². The van der Waals surface area contributed by atoms with Crippen molar-refractivity contribution in [3.05, 3.63) is 74.7 Å². The van der Waals surface area contributed by atoms with E-state index in [9.17, 15) is 0 Å². The van der Waals surface area contributed by atoms with Crippen LogP contribution in [0.2, 0.25) is 0 Å². The molecule has 0 aliphatic heterocycles. The van der Waals surface area contributed by atoms with Gasteiger partial charge in [0.2, 0.25) is 0 Å². The van der Waals surface area contributed by atoms with Gasteiger partial charge in [-0.1, -0.05) is 62.2 Å². The Morgan fingerprint density at radius 2 is 1.72 bits per heavy atom. The average Bonchev–Trinajstić information content (AvgIpc) is 2.97. The number of fused-ring (bicyclic) bond motifs is 3. The zero-order valence-electron chi connectivity index (χ0n) is 13.4. The van der Waals surface area contributed by atoms with E-state index < -0.39 is 0 Å². The summed E-state index contributed by atoms with van der Waals surface area (Å²) in [7, 11) is 0. The molecule has 2 nitrogen and oxygen atoms in total. The Balaban J connectivity index is 1.89. The van der Waals surface area contributed by atoms with Gasteiger partial charge in [0.15, 0.2) is 0 Å². The van der Waals surface area contributed by atoms with Crippen molar-refractivity contribution in [2.75, 3.05) is 13.2 Å². The van der Waals surface area contributed by atoms with Gasteiger partial charge < -0.3 is 9.84 Å². The zero-order valence-corrected chi connectivity index (χ0v) is 16.6. The summed E-state index contributed by atoms with van der Waals surface area (Å²) in [6.45, 7) is 0.290. The second-order valence-corrected chi connectivity index (χ2v) is 7.76. The predicted molar refractivity (Wildman–Crippen MR) is 108 cm³/mol. The monoisotopic (exact) mass is 458 g/mol. The lowest BCUT2D eigenvalue weighted by Gasteiger charge is -2.16. The standard InChI is InChI=1S/C21H16Br2O2/c22-14-5-6-15-13(11-14)12-18-16(15)7-8-19(23)21(18)17-3-1-2-4-20(17)25-10-9-24/h1-8,11,24H,9-10,12H2. The number of aliphatic hydroxyl groups is 1. The lowest BCUT2D eigenvalue weighted by atomic mass is 9.95. The molecule has 0 atom stereocenters. The van der Waals surface area contributed by atoms with E-state index >= 15 is 0 Å². The molecule has 0 amide bonds. The van der Waals surface area contributed by atoms with Crippen LogP contribution < -0.4 is 4.74 Å². The summed E-state index contributed by atoms with van der Waals surface area (Å²) >= 11 is 7.31. The number of hydrogen-bond acceptors (Lipinski definition) is 2. The van der Waals surface area contributed by atoms with Crippen LogP contribution >= 0.6 is 31.9 Å². The van der Waals surface area contributed by atoms with Gasteiger partial charge in [0.1, 0.15) is 12.4 Å². The SMILES string of the molecule is OCCOc1ccccc1-c1c(Br)ccc2c1Cc1cc(Br)ccc1-2. The van der Waals surface area contributed by atoms with Crippen molar-refractivity contribution in [1.29, 1.82) is 0 Å². The van der Waals surface area contributed by atoms with Crippen LogP contribution in [0.25, 0.3) is 22.3 Å². The third kappa shape index (κ3) is 3.03. The largest absolute Gasteiger partial charge is 0.491 e. The van der Waals surface area contributed by atoms with Crippen molar-refractivity contribution < 1.29 is 9.84 Å². The van der Waals surface area contributed by atoms with Crippen LogP contribution in [0.3, 0.4) is 0 Å². The van der Waals surface area contributed by atoms with E-state index in [1.54, 1.807) is 0 Å². The number of halogens is 2. The highest BCUT2D eigenvalue weighted by Gasteiger charge is 2.24. The molecule has 3 aromatic carbocycles. The van der Waals surface area contributed by atoms with E-state index in [-0.39, 0.29) is 13.2 Å². The first kappa shape index (κ1) is 16.8. The van der Waals surface area contributed by atoms with Crippen LogP contribution in [-0.2, 0) is 6.42 Å². The third-order valence-corrected chi connectivity index (χ3v) is 5.65. The number of rotatable bonds is 4. The predicted octanol–water partition coefficient (Wildman–Crippen LogP) is 5.82. The van der Waals surface area contributed by atoms with Gasteiger partial charge in [-0.05, 0) is 52.9 Å². The highest BCUT2D eigenvalue weighted by molar-refractivity contribution is 9.10. The molecule has 0 radical (unpaired) electrons. The summed E-state index contributed by atoms with van der Waals surface area (Å²) in [5.74, 6) is 0.794. The van der Waals surface area contributed by atoms with Crippen LogP contribution in [0.4, 0.5) is 0 Å². The van der Waals surface area contributed by atoms with Crippen molar-refractivity contribution in [2.45, 2.75) is 6.42 Å². The maximum absolute atomic E-state index is 9.10. The Morgan fingerprint density at radius 3 is 2.56 bits per heavy atom. The maximum atomic E-state index is 9.10.